The molecule has 0 bridgehead atoms. The molecule has 0 radical (unpaired) electrons. The third kappa shape index (κ3) is 4.67. The van der Waals surface area contributed by atoms with E-state index in [2.05, 4.69) is 41.9 Å². The Morgan fingerprint density at radius 1 is 1.03 bits per heavy atom. The second kappa shape index (κ2) is 8.83. The quantitative estimate of drug-likeness (QED) is 0.347. The number of H-pyrrole nitrogens is 1. The highest BCUT2D eigenvalue weighted by Crippen LogP contribution is 2.18. The highest BCUT2D eigenvalue weighted by Gasteiger charge is 2.07. The van der Waals surface area contributed by atoms with Gasteiger partial charge in [-0.15, -0.1) is 0 Å². The van der Waals surface area contributed by atoms with Crippen molar-refractivity contribution in [3.63, 3.8) is 0 Å². The second-order valence-electron chi connectivity index (χ2n) is 6.32. The van der Waals surface area contributed by atoms with Crippen molar-refractivity contribution in [2.24, 2.45) is 4.99 Å². The van der Waals surface area contributed by atoms with Crippen molar-refractivity contribution in [3.8, 4) is 22.8 Å². The van der Waals surface area contributed by atoms with E-state index >= 15 is 0 Å². The van der Waals surface area contributed by atoms with Crippen LogP contribution in [0.2, 0.25) is 0 Å². The number of oxazole rings is 1. The SMILES string of the molecule is CN=C(NCc1cccc(-c2ncn[nH]2)c1)NCc1coc(-c2ccccc2)n1. The molecule has 3 N–H and O–H groups in total. The lowest BCUT2D eigenvalue weighted by Gasteiger charge is -2.11. The zero-order chi connectivity index (χ0) is 19.9. The number of aromatic amines is 1. The minimum absolute atomic E-state index is 0.508. The normalized spacial score (nSPS) is 11.4. The molecule has 0 unspecified atom stereocenters. The third-order valence-electron chi connectivity index (χ3n) is 4.31. The van der Waals surface area contributed by atoms with E-state index in [4.69, 9.17) is 4.42 Å². The Morgan fingerprint density at radius 2 is 1.86 bits per heavy atom. The molecule has 8 nitrogen and oxygen atoms in total. The summed E-state index contributed by atoms with van der Waals surface area (Å²) < 4.78 is 5.57. The molecule has 29 heavy (non-hydrogen) atoms. The molecule has 4 aromatic rings. The van der Waals surface area contributed by atoms with Crippen LogP contribution in [0.5, 0.6) is 0 Å². The summed E-state index contributed by atoms with van der Waals surface area (Å²) in [5.74, 6) is 2.03. The number of hydrogen-bond acceptors (Lipinski definition) is 5. The molecule has 0 amide bonds. The summed E-state index contributed by atoms with van der Waals surface area (Å²) in [5.41, 5.74) is 3.85. The summed E-state index contributed by atoms with van der Waals surface area (Å²) in [7, 11) is 1.73. The second-order valence-corrected chi connectivity index (χ2v) is 6.32. The fourth-order valence-electron chi connectivity index (χ4n) is 2.86. The topological polar surface area (TPSA) is 104 Å². The molecular weight excluding hydrogens is 366 g/mol. The summed E-state index contributed by atoms with van der Waals surface area (Å²) in [6.07, 6.45) is 3.16. The molecule has 2 aromatic carbocycles. The van der Waals surface area contributed by atoms with E-state index < -0.39 is 0 Å². The summed E-state index contributed by atoms with van der Waals surface area (Å²) >= 11 is 0. The van der Waals surface area contributed by atoms with Gasteiger partial charge in [-0.2, -0.15) is 5.10 Å². The molecule has 0 aliphatic heterocycles. The molecule has 4 rings (SSSR count). The van der Waals surface area contributed by atoms with Gasteiger partial charge < -0.3 is 15.1 Å². The fraction of sp³-hybridized carbons (Fsp3) is 0.143. The van der Waals surface area contributed by atoms with Crippen LogP contribution in [0.1, 0.15) is 11.3 Å². The van der Waals surface area contributed by atoms with Gasteiger partial charge >= 0.3 is 0 Å². The number of nitrogens with one attached hydrogen (secondary N) is 3. The summed E-state index contributed by atoms with van der Waals surface area (Å²) in [5, 5.41) is 13.3. The first-order valence-electron chi connectivity index (χ1n) is 9.21. The van der Waals surface area contributed by atoms with Gasteiger partial charge in [-0.1, -0.05) is 36.4 Å². The lowest BCUT2D eigenvalue weighted by atomic mass is 10.1. The number of aliphatic imine (C=N–C) groups is 1. The van der Waals surface area contributed by atoms with E-state index in [1.165, 1.54) is 6.33 Å². The highest BCUT2D eigenvalue weighted by molar-refractivity contribution is 5.79. The van der Waals surface area contributed by atoms with Gasteiger partial charge in [0.15, 0.2) is 11.8 Å². The Labute approximate surface area is 168 Å². The predicted molar refractivity (Wildman–Crippen MR) is 111 cm³/mol. The minimum Gasteiger partial charge on any atom is -0.444 e. The van der Waals surface area contributed by atoms with Crippen LogP contribution in [0.4, 0.5) is 0 Å². The summed E-state index contributed by atoms with van der Waals surface area (Å²) in [6, 6.07) is 17.9. The molecule has 0 saturated heterocycles. The van der Waals surface area contributed by atoms with Crippen LogP contribution >= 0.6 is 0 Å². The van der Waals surface area contributed by atoms with Crippen molar-refractivity contribution in [2.75, 3.05) is 7.05 Å². The van der Waals surface area contributed by atoms with Gasteiger partial charge in [0.25, 0.3) is 0 Å². The molecule has 146 valence electrons. The largest absolute Gasteiger partial charge is 0.444 e. The van der Waals surface area contributed by atoms with E-state index in [0.717, 1.165) is 28.2 Å². The van der Waals surface area contributed by atoms with Crippen LogP contribution < -0.4 is 10.6 Å². The van der Waals surface area contributed by atoms with Crippen LogP contribution in [0.15, 0.2) is 76.6 Å². The van der Waals surface area contributed by atoms with Crippen molar-refractivity contribution in [1.29, 1.82) is 0 Å². The van der Waals surface area contributed by atoms with E-state index in [9.17, 15) is 0 Å². The molecule has 0 fully saturated rings. The van der Waals surface area contributed by atoms with Crippen LogP contribution in [0.25, 0.3) is 22.8 Å². The van der Waals surface area contributed by atoms with Crippen LogP contribution in [0.3, 0.4) is 0 Å². The van der Waals surface area contributed by atoms with E-state index in [1.807, 2.05) is 48.5 Å². The number of nitrogens with zero attached hydrogens (tertiary/aromatic N) is 4. The first-order chi connectivity index (χ1) is 14.3. The first kappa shape index (κ1) is 18.4. The summed E-state index contributed by atoms with van der Waals surface area (Å²) in [4.78, 5) is 13.0. The highest BCUT2D eigenvalue weighted by atomic mass is 16.3. The van der Waals surface area contributed by atoms with Gasteiger partial charge in [0.05, 0.1) is 12.2 Å². The molecule has 0 spiro atoms. The molecule has 0 atom stereocenters. The standard InChI is InChI=1S/C21H21N7O/c1-22-21(23-11-15-6-5-9-17(10-15)19-25-14-26-28-19)24-12-18-13-29-20(27-18)16-7-3-2-4-8-16/h2-10,13-14H,11-12H2,1H3,(H2,22,23,24)(H,25,26,28). The van der Waals surface area contributed by atoms with E-state index in [1.54, 1.807) is 13.3 Å². The number of benzene rings is 2. The summed E-state index contributed by atoms with van der Waals surface area (Å²) in [6.45, 7) is 1.13. The van der Waals surface area contributed by atoms with Crippen molar-refractivity contribution >= 4 is 5.96 Å². The zero-order valence-corrected chi connectivity index (χ0v) is 16.0. The van der Waals surface area contributed by atoms with Gasteiger partial charge in [-0.05, 0) is 23.8 Å². The van der Waals surface area contributed by atoms with Crippen molar-refractivity contribution in [1.82, 2.24) is 30.8 Å². The lowest BCUT2D eigenvalue weighted by molar-refractivity contribution is 0.572. The average molecular weight is 387 g/mol. The van der Waals surface area contributed by atoms with Crippen LogP contribution in [0, 0.1) is 0 Å². The van der Waals surface area contributed by atoms with Crippen molar-refractivity contribution < 1.29 is 4.42 Å². The van der Waals surface area contributed by atoms with Crippen molar-refractivity contribution in [3.05, 3.63) is 78.4 Å². The molecule has 2 aromatic heterocycles. The molecular formula is C21H21N7O. The Kier molecular flexibility index (Phi) is 5.61. The molecule has 2 heterocycles. The van der Waals surface area contributed by atoms with Crippen molar-refractivity contribution in [2.45, 2.75) is 13.1 Å². The van der Waals surface area contributed by atoms with E-state index in [0.29, 0.717) is 24.9 Å². The van der Waals surface area contributed by atoms with Gasteiger partial charge in [0, 0.05) is 24.7 Å². The van der Waals surface area contributed by atoms with Gasteiger partial charge in [0.1, 0.15) is 12.6 Å². The maximum absolute atomic E-state index is 5.57. The molecule has 0 aliphatic carbocycles. The number of hydrogen-bond donors (Lipinski definition) is 3. The average Bonchev–Trinajstić information content (AvgIpc) is 3.47. The monoisotopic (exact) mass is 387 g/mol. The van der Waals surface area contributed by atoms with Gasteiger partial charge in [0.2, 0.25) is 5.89 Å². The smallest absolute Gasteiger partial charge is 0.226 e. The van der Waals surface area contributed by atoms with Crippen LogP contribution in [-0.4, -0.2) is 33.2 Å². The minimum atomic E-state index is 0.508. The Bertz CT molecular complexity index is 1070. The molecule has 0 saturated carbocycles. The maximum Gasteiger partial charge on any atom is 0.226 e. The number of aromatic nitrogens is 4. The third-order valence-corrected chi connectivity index (χ3v) is 4.31. The Balaban J connectivity index is 1.33. The van der Waals surface area contributed by atoms with Gasteiger partial charge in [-0.25, -0.2) is 9.97 Å². The molecule has 8 heteroatoms. The van der Waals surface area contributed by atoms with Crippen LogP contribution in [-0.2, 0) is 13.1 Å². The maximum atomic E-state index is 5.57. The zero-order valence-electron chi connectivity index (χ0n) is 16.0. The van der Waals surface area contributed by atoms with E-state index in [-0.39, 0.29) is 0 Å². The predicted octanol–water partition coefficient (Wildman–Crippen LogP) is 2.99. The van der Waals surface area contributed by atoms with Gasteiger partial charge in [-0.3, -0.25) is 10.1 Å². The number of rotatable bonds is 6. The lowest BCUT2D eigenvalue weighted by Crippen LogP contribution is -2.36. The molecule has 0 aliphatic rings. The fourth-order valence-corrected chi connectivity index (χ4v) is 2.86. The first-order valence-corrected chi connectivity index (χ1v) is 9.21. The Hall–Kier alpha value is -3.94. The Morgan fingerprint density at radius 3 is 2.66 bits per heavy atom. The number of guanidine groups is 1.